The Labute approximate surface area is 141 Å². The van der Waals surface area contributed by atoms with E-state index in [0.29, 0.717) is 23.7 Å². The lowest BCUT2D eigenvalue weighted by Gasteiger charge is -2.03. The number of carbonyl (C=O) groups excluding carboxylic acids is 2. The van der Waals surface area contributed by atoms with Crippen LogP contribution < -0.4 is 9.47 Å². The molecule has 0 fully saturated rings. The van der Waals surface area contributed by atoms with Crippen molar-refractivity contribution in [1.29, 1.82) is 0 Å². The Balaban J connectivity index is 2.33. The average molecular weight is 322 g/mol. The Morgan fingerprint density at radius 1 is 0.667 bits per heavy atom. The summed E-state index contributed by atoms with van der Waals surface area (Å²) in [6, 6.07) is 14.4. The van der Waals surface area contributed by atoms with Crippen LogP contribution in [0.2, 0.25) is 0 Å². The molecule has 2 aromatic rings. The van der Waals surface area contributed by atoms with E-state index in [-0.39, 0.29) is 0 Å². The smallest absolute Gasteiger partial charge is 0.150 e. The molecule has 0 spiro atoms. The standard InChI is InChI=1S/C20H18O4/c1-23-19-7-3-15(4-8-19)11-17(13-21)18(14-22)12-16-5-9-20(24-2)10-6-16/h3-14H,1-2H3/b17-11-,18-12-. The summed E-state index contributed by atoms with van der Waals surface area (Å²) in [5, 5.41) is 0. The first-order chi connectivity index (χ1) is 11.7. The molecular formula is C20H18O4. The highest BCUT2D eigenvalue weighted by molar-refractivity contribution is 6.02. The van der Waals surface area contributed by atoms with E-state index in [1.54, 1.807) is 50.6 Å². The number of aldehydes is 2. The van der Waals surface area contributed by atoms with Gasteiger partial charge in [0.05, 0.1) is 14.2 Å². The predicted molar refractivity (Wildman–Crippen MR) is 94.1 cm³/mol. The number of hydrogen-bond acceptors (Lipinski definition) is 4. The first kappa shape index (κ1) is 17.2. The molecule has 4 nitrogen and oxygen atoms in total. The number of benzene rings is 2. The SMILES string of the molecule is COc1ccc(/C=C(C=O)\C(C=O)=C/c2ccc(OC)cc2)cc1. The lowest BCUT2D eigenvalue weighted by atomic mass is 10.0. The van der Waals surface area contributed by atoms with Crippen molar-refractivity contribution in [2.45, 2.75) is 0 Å². The minimum atomic E-state index is 0.311. The van der Waals surface area contributed by atoms with Crippen molar-refractivity contribution in [3.05, 3.63) is 70.8 Å². The number of hydrogen-bond donors (Lipinski definition) is 0. The van der Waals surface area contributed by atoms with Crippen LogP contribution in [0.4, 0.5) is 0 Å². The van der Waals surface area contributed by atoms with Crippen molar-refractivity contribution in [1.82, 2.24) is 0 Å². The Morgan fingerprint density at radius 3 is 1.25 bits per heavy atom. The maximum Gasteiger partial charge on any atom is 0.150 e. The van der Waals surface area contributed by atoms with E-state index in [9.17, 15) is 9.59 Å². The second-order valence-electron chi connectivity index (χ2n) is 4.98. The summed E-state index contributed by atoms with van der Waals surface area (Å²) in [5.41, 5.74) is 2.23. The molecule has 0 saturated heterocycles. The molecule has 0 heterocycles. The van der Waals surface area contributed by atoms with E-state index in [1.165, 1.54) is 0 Å². The summed E-state index contributed by atoms with van der Waals surface area (Å²) in [5.74, 6) is 1.45. The van der Waals surface area contributed by atoms with Gasteiger partial charge in [0, 0.05) is 11.1 Å². The zero-order valence-corrected chi connectivity index (χ0v) is 13.6. The summed E-state index contributed by atoms with van der Waals surface area (Å²) in [6.07, 6.45) is 4.67. The zero-order valence-electron chi connectivity index (χ0n) is 13.6. The zero-order chi connectivity index (χ0) is 17.4. The Hall–Kier alpha value is -3.14. The second-order valence-corrected chi connectivity index (χ2v) is 4.98. The van der Waals surface area contributed by atoms with Gasteiger partial charge >= 0.3 is 0 Å². The molecular weight excluding hydrogens is 304 g/mol. The van der Waals surface area contributed by atoms with Crippen LogP contribution in [-0.4, -0.2) is 26.8 Å². The summed E-state index contributed by atoms with van der Waals surface area (Å²) < 4.78 is 10.2. The molecule has 0 aliphatic carbocycles. The number of carbonyl (C=O) groups is 2. The molecule has 4 heteroatoms. The summed E-state index contributed by atoms with van der Waals surface area (Å²) >= 11 is 0. The summed E-state index contributed by atoms with van der Waals surface area (Å²) in [6.45, 7) is 0. The minimum absolute atomic E-state index is 0.311. The van der Waals surface area contributed by atoms with Crippen molar-refractivity contribution in [3.63, 3.8) is 0 Å². The van der Waals surface area contributed by atoms with Crippen LogP contribution in [0.5, 0.6) is 11.5 Å². The molecule has 0 bridgehead atoms. The lowest BCUT2D eigenvalue weighted by molar-refractivity contribution is -0.107. The van der Waals surface area contributed by atoms with Crippen molar-refractivity contribution >= 4 is 24.7 Å². The number of methoxy groups -OCH3 is 2. The fourth-order valence-electron chi connectivity index (χ4n) is 2.13. The lowest BCUT2D eigenvalue weighted by Crippen LogP contribution is -1.94. The molecule has 0 saturated carbocycles. The van der Waals surface area contributed by atoms with Crippen LogP contribution in [0.15, 0.2) is 59.7 Å². The Kier molecular flexibility index (Phi) is 6.08. The average Bonchev–Trinajstić information content (AvgIpc) is 2.65. The normalized spacial score (nSPS) is 11.8. The molecule has 0 amide bonds. The third-order valence-electron chi connectivity index (χ3n) is 3.46. The molecule has 2 aromatic carbocycles. The molecule has 0 unspecified atom stereocenters. The monoisotopic (exact) mass is 322 g/mol. The highest BCUT2D eigenvalue weighted by Gasteiger charge is 2.05. The van der Waals surface area contributed by atoms with Gasteiger partial charge < -0.3 is 9.47 Å². The summed E-state index contributed by atoms with van der Waals surface area (Å²) in [4.78, 5) is 22.8. The predicted octanol–water partition coefficient (Wildman–Crippen LogP) is 3.57. The van der Waals surface area contributed by atoms with Gasteiger partial charge in [-0.25, -0.2) is 0 Å². The summed E-state index contributed by atoms with van der Waals surface area (Å²) in [7, 11) is 3.17. The van der Waals surface area contributed by atoms with Crippen LogP contribution in [0.3, 0.4) is 0 Å². The first-order valence-corrected chi connectivity index (χ1v) is 7.32. The first-order valence-electron chi connectivity index (χ1n) is 7.32. The molecule has 0 aromatic heterocycles. The van der Waals surface area contributed by atoms with E-state index in [2.05, 4.69) is 0 Å². The second kappa shape index (κ2) is 8.48. The van der Waals surface area contributed by atoms with Crippen LogP contribution in [0.25, 0.3) is 12.2 Å². The number of rotatable bonds is 7. The molecule has 0 aliphatic rings. The largest absolute Gasteiger partial charge is 0.497 e. The maximum atomic E-state index is 11.4. The Bertz CT molecular complexity index is 686. The molecule has 0 radical (unpaired) electrons. The van der Waals surface area contributed by atoms with E-state index in [0.717, 1.165) is 22.6 Å². The molecule has 2 rings (SSSR count). The number of allylic oxidation sites excluding steroid dienone is 2. The van der Waals surface area contributed by atoms with E-state index in [4.69, 9.17) is 9.47 Å². The molecule has 122 valence electrons. The van der Waals surface area contributed by atoms with Gasteiger partial charge in [-0.15, -0.1) is 0 Å². The molecule has 0 atom stereocenters. The fraction of sp³-hybridized carbons (Fsp3) is 0.100. The van der Waals surface area contributed by atoms with Crippen molar-refractivity contribution in [2.75, 3.05) is 14.2 Å². The topological polar surface area (TPSA) is 52.6 Å². The Morgan fingerprint density at radius 2 is 1.00 bits per heavy atom. The van der Waals surface area contributed by atoms with E-state index >= 15 is 0 Å². The minimum Gasteiger partial charge on any atom is -0.497 e. The van der Waals surface area contributed by atoms with Crippen LogP contribution in [0.1, 0.15) is 11.1 Å². The highest BCUT2D eigenvalue weighted by atomic mass is 16.5. The van der Waals surface area contributed by atoms with Gasteiger partial charge in [0.2, 0.25) is 0 Å². The van der Waals surface area contributed by atoms with Crippen molar-refractivity contribution in [3.8, 4) is 11.5 Å². The van der Waals surface area contributed by atoms with Gasteiger partial charge in [0.15, 0.2) is 12.6 Å². The van der Waals surface area contributed by atoms with Crippen LogP contribution >= 0.6 is 0 Å². The molecule has 0 aliphatic heterocycles. The van der Waals surface area contributed by atoms with Crippen LogP contribution in [0, 0.1) is 0 Å². The fourth-order valence-corrected chi connectivity index (χ4v) is 2.13. The van der Waals surface area contributed by atoms with Gasteiger partial charge in [-0.2, -0.15) is 0 Å². The van der Waals surface area contributed by atoms with Gasteiger partial charge in [-0.05, 0) is 47.5 Å². The quantitative estimate of drug-likeness (QED) is 0.444. The van der Waals surface area contributed by atoms with Crippen LogP contribution in [-0.2, 0) is 9.59 Å². The van der Waals surface area contributed by atoms with Gasteiger partial charge in [0.25, 0.3) is 0 Å². The third kappa shape index (κ3) is 4.43. The van der Waals surface area contributed by atoms with E-state index < -0.39 is 0 Å². The highest BCUT2D eigenvalue weighted by Crippen LogP contribution is 2.19. The van der Waals surface area contributed by atoms with E-state index in [1.807, 2.05) is 24.3 Å². The molecule has 24 heavy (non-hydrogen) atoms. The van der Waals surface area contributed by atoms with Gasteiger partial charge in [0.1, 0.15) is 11.5 Å². The van der Waals surface area contributed by atoms with Gasteiger partial charge in [-0.3, -0.25) is 9.59 Å². The maximum absolute atomic E-state index is 11.4. The van der Waals surface area contributed by atoms with Crippen molar-refractivity contribution < 1.29 is 19.1 Å². The van der Waals surface area contributed by atoms with Crippen molar-refractivity contribution in [2.24, 2.45) is 0 Å². The number of ether oxygens (including phenoxy) is 2. The molecule has 0 N–H and O–H groups in total. The van der Waals surface area contributed by atoms with Gasteiger partial charge in [-0.1, -0.05) is 24.3 Å². The third-order valence-corrected chi connectivity index (χ3v) is 3.46.